The van der Waals surface area contributed by atoms with E-state index in [-0.39, 0.29) is 18.2 Å². The predicted molar refractivity (Wildman–Crippen MR) is 112 cm³/mol. The second kappa shape index (κ2) is 13.1. The molecule has 1 saturated heterocycles. The van der Waals surface area contributed by atoms with Crippen LogP contribution in [-0.2, 0) is 25.7 Å². The van der Waals surface area contributed by atoms with E-state index in [1.165, 1.54) is 0 Å². The van der Waals surface area contributed by atoms with Crippen molar-refractivity contribution >= 4 is 17.9 Å². The molecule has 1 saturated carbocycles. The molecule has 1 aliphatic heterocycles. The first-order valence-electron chi connectivity index (χ1n) is 10.6. The summed E-state index contributed by atoms with van der Waals surface area (Å²) in [5.74, 6) is -4.75. The second-order valence-corrected chi connectivity index (χ2v) is 7.54. The van der Waals surface area contributed by atoms with Crippen molar-refractivity contribution in [2.75, 3.05) is 18.1 Å². The third-order valence-electron chi connectivity index (χ3n) is 5.02. The molecular weight excluding hydrogens is 518 g/mol. The SMILES string of the molecule is O=C(O)C(F)(F)F.O=C(O)C(F)(F)F.c1cnc(N2CCOC3CCC2C3OCc2cccnc2)nc1. The monoisotopic (exact) mass is 540 g/mol. The summed E-state index contributed by atoms with van der Waals surface area (Å²) in [6.07, 6.45) is -0.717. The molecule has 0 aromatic carbocycles. The van der Waals surface area contributed by atoms with E-state index in [0.29, 0.717) is 13.2 Å². The smallest absolute Gasteiger partial charge is 0.475 e. The Kier molecular flexibility index (Phi) is 10.5. The lowest BCUT2D eigenvalue weighted by Crippen LogP contribution is -2.44. The maximum Gasteiger partial charge on any atom is 0.490 e. The van der Waals surface area contributed by atoms with Crippen molar-refractivity contribution in [3.63, 3.8) is 0 Å². The lowest BCUT2D eigenvalue weighted by atomic mass is 10.1. The number of carboxylic acids is 2. The molecule has 2 aliphatic rings. The van der Waals surface area contributed by atoms with Crippen LogP contribution in [0.4, 0.5) is 32.3 Å². The fourth-order valence-corrected chi connectivity index (χ4v) is 3.47. The van der Waals surface area contributed by atoms with E-state index in [4.69, 9.17) is 29.3 Å². The topological polar surface area (TPSA) is 135 Å². The Labute approximate surface area is 205 Å². The number of hydrogen-bond acceptors (Lipinski definition) is 8. The third kappa shape index (κ3) is 9.45. The van der Waals surface area contributed by atoms with Gasteiger partial charge in [0.1, 0.15) is 6.10 Å². The van der Waals surface area contributed by atoms with E-state index in [1.54, 1.807) is 18.6 Å². The zero-order chi connectivity index (χ0) is 27.6. The van der Waals surface area contributed by atoms with Crippen LogP contribution in [0.5, 0.6) is 0 Å². The van der Waals surface area contributed by atoms with Gasteiger partial charge in [0.15, 0.2) is 0 Å². The van der Waals surface area contributed by atoms with Crippen LogP contribution in [-0.4, -0.2) is 80.9 Å². The molecule has 0 spiro atoms. The van der Waals surface area contributed by atoms with Gasteiger partial charge < -0.3 is 24.6 Å². The fourth-order valence-electron chi connectivity index (χ4n) is 3.47. The molecule has 2 aromatic rings. The number of anilines is 1. The van der Waals surface area contributed by atoms with Crippen LogP contribution >= 0.6 is 0 Å². The molecule has 4 rings (SSSR count). The minimum Gasteiger partial charge on any atom is -0.475 e. The number of pyridine rings is 1. The Bertz CT molecular complexity index is 973. The molecule has 3 unspecified atom stereocenters. The number of nitrogens with zero attached hydrogens (tertiary/aromatic N) is 4. The van der Waals surface area contributed by atoms with Crippen LogP contribution in [0.3, 0.4) is 0 Å². The van der Waals surface area contributed by atoms with Gasteiger partial charge in [0, 0.05) is 31.3 Å². The van der Waals surface area contributed by atoms with Crippen LogP contribution in [0.25, 0.3) is 0 Å². The maximum absolute atomic E-state index is 10.6. The number of fused-ring (bicyclic) bond motifs is 2. The molecule has 3 atom stereocenters. The largest absolute Gasteiger partial charge is 0.490 e. The van der Waals surface area contributed by atoms with Gasteiger partial charge in [-0.3, -0.25) is 4.98 Å². The lowest BCUT2D eigenvalue weighted by Gasteiger charge is -2.31. The van der Waals surface area contributed by atoms with Crippen molar-refractivity contribution in [2.24, 2.45) is 0 Å². The molecule has 3 heterocycles. The standard InChI is InChI=1S/C17H20N4O2.2C2HF3O2/c1-3-13(11-18-6-1)12-23-16-14-4-5-15(16)22-10-9-21(14)17-19-7-2-8-20-17;2*3-2(4,5)1(6)7/h1-3,6-8,11,14-16H,4-5,9-10,12H2;2*(H,6,7). The number of aromatic nitrogens is 3. The summed E-state index contributed by atoms with van der Waals surface area (Å²) >= 11 is 0. The number of ether oxygens (including phenoxy) is 2. The van der Waals surface area contributed by atoms with Crippen molar-refractivity contribution in [1.82, 2.24) is 15.0 Å². The quantitative estimate of drug-likeness (QED) is 0.557. The zero-order valence-electron chi connectivity index (χ0n) is 18.9. The maximum atomic E-state index is 10.6. The Morgan fingerprint density at radius 2 is 1.59 bits per heavy atom. The lowest BCUT2D eigenvalue weighted by molar-refractivity contribution is -0.193. The van der Waals surface area contributed by atoms with E-state index in [0.717, 1.165) is 30.9 Å². The van der Waals surface area contributed by atoms with Crippen molar-refractivity contribution in [1.29, 1.82) is 0 Å². The molecular formula is C21H22F6N4O6. The van der Waals surface area contributed by atoms with Crippen molar-refractivity contribution in [2.45, 2.75) is 50.1 Å². The third-order valence-corrected chi connectivity index (χ3v) is 5.02. The zero-order valence-corrected chi connectivity index (χ0v) is 18.9. The summed E-state index contributed by atoms with van der Waals surface area (Å²) in [5, 5.41) is 14.2. The average Bonchev–Trinajstić information content (AvgIpc) is 3.13. The highest BCUT2D eigenvalue weighted by atomic mass is 19.4. The van der Waals surface area contributed by atoms with Gasteiger partial charge in [-0.25, -0.2) is 19.6 Å². The average molecular weight is 540 g/mol. The highest BCUT2D eigenvalue weighted by Crippen LogP contribution is 2.34. The molecule has 37 heavy (non-hydrogen) atoms. The molecule has 2 aromatic heterocycles. The number of carbonyl (C=O) groups is 2. The van der Waals surface area contributed by atoms with Crippen LogP contribution in [0.2, 0.25) is 0 Å². The number of halogens is 6. The Hall–Kier alpha value is -3.53. The molecule has 2 N–H and O–H groups in total. The van der Waals surface area contributed by atoms with Gasteiger partial charge in [0.05, 0.1) is 25.4 Å². The summed E-state index contributed by atoms with van der Waals surface area (Å²) in [5.41, 5.74) is 1.08. The van der Waals surface area contributed by atoms with Crippen LogP contribution in [0, 0.1) is 0 Å². The fraction of sp³-hybridized carbons (Fsp3) is 0.476. The second-order valence-electron chi connectivity index (χ2n) is 7.54. The Balaban J connectivity index is 0.000000286. The minimum absolute atomic E-state index is 0.0431. The molecule has 0 amide bonds. The number of rotatable bonds is 4. The first-order chi connectivity index (χ1) is 17.3. The van der Waals surface area contributed by atoms with Gasteiger partial charge in [-0.2, -0.15) is 26.3 Å². The molecule has 10 nitrogen and oxygen atoms in total. The van der Waals surface area contributed by atoms with Crippen molar-refractivity contribution in [3.8, 4) is 0 Å². The van der Waals surface area contributed by atoms with E-state index in [9.17, 15) is 26.3 Å². The Morgan fingerprint density at radius 1 is 1.00 bits per heavy atom. The predicted octanol–water partition coefficient (Wildman–Crippen LogP) is 3.09. The van der Waals surface area contributed by atoms with Gasteiger partial charge in [0.2, 0.25) is 5.95 Å². The number of carboxylic acid groups (broad SMARTS) is 2. The normalized spacial score (nSPS) is 21.0. The number of aliphatic carboxylic acids is 2. The first kappa shape index (κ1) is 29.7. The molecule has 0 radical (unpaired) electrons. The van der Waals surface area contributed by atoms with Crippen LogP contribution in [0.1, 0.15) is 18.4 Å². The van der Waals surface area contributed by atoms with E-state index in [1.807, 2.05) is 24.4 Å². The van der Waals surface area contributed by atoms with Gasteiger partial charge in [-0.1, -0.05) is 6.07 Å². The summed E-state index contributed by atoms with van der Waals surface area (Å²) in [4.78, 5) is 33.0. The van der Waals surface area contributed by atoms with Gasteiger partial charge in [-0.15, -0.1) is 0 Å². The van der Waals surface area contributed by atoms with E-state index < -0.39 is 24.3 Å². The molecule has 1 aliphatic carbocycles. The Morgan fingerprint density at radius 3 is 2.11 bits per heavy atom. The van der Waals surface area contributed by atoms with Crippen LogP contribution < -0.4 is 4.90 Å². The molecule has 16 heteroatoms. The molecule has 2 bridgehead atoms. The minimum atomic E-state index is -5.08. The number of hydrogen-bond donors (Lipinski definition) is 2. The van der Waals surface area contributed by atoms with E-state index >= 15 is 0 Å². The van der Waals surface area contributed by atoms with Crippen molar-refractivity contribution in [3.05, 3.63) is 48.5 Å². The summed E-state index contributed by atoms with van der Waals surface area (Å²) in [6, 6.07) is 6.07. The van der Waals surface area contributed by atoms with Gasteiger partial charge in [0.25, 0.3) is 0 Å². The first-order valence-corrected chi connectivity index (χ1v) is 10.6. The van der Waals surface area contributed by atoms with Crippen LogP contribution in [0.15, 0.2) is 43.0 Å². The molecule has 2 fully saturated rings. The summed E-state index contributed by atoms with van der Waals surface area (Å²) in [6.45, 7) is 2.04. The van der Waals surface area contributed by atoms with E-state index in [2.05, 4.69) is 19.9 Å². The van der Waals surface area contributed by atoms with Gasteiger partial charge in [-0.05, 0) is 30.5 Å². The summed E-state index contributed by atoms with van der Waals surface area (Å²) < 4.78 is 75.7. The summed E-state index contributed by atoms with van der Waals surface area (Å²) in [7, 11) is 0. The molecule has 204 valence electrons. The van der Waals surface area contributed by atoms with Gasteiger partial charge >= 0.3 is 24.3 Å². The number of alkyl halides is 6. The highest BCUT2D eigenvalue weighted by Gasteiger charge is 2.44. The highest BCUT2D eigenvalue weighted by molar-refractivity contribution is 5.73. The van der Waals surface area contributed by atoms with Crippen molar-refractivity contribution < 1.29 is 55.6 Å².